The first kappa shape index (κ1) is 14.4. The second kappa shape index (κ2) is 5.52. The standard InChI is InChI=1S/C13H9ClO5S/c14-10-3-7-12(8-4-10)20(17,18)19-11-5-1-9(2-6-11)13(15)16/h1-8H,(H,15,16). The lowest BCUT2D eigenvalue weighted by molar-refractivity contribution is 0.0697. The number of hydrogen-bond acceptors (Lipinski definition) is 4. The summed E-state index contributed by atoms with van der Waals surface area (Å²) in [5.41, 5.74) is 0.0428. The van der Waals surface area contributed by atoms with Gasteiger partial charge >= 0.3 is 16.1 Å². The van der Waals surface area contributed by atoms with Gasteiger partial charge in [-0.2, -0.15) is 8.42 Å². The highest BCUT2D eigenvalue weighted by molar-refractivity contribution is 7.87. The second-order valence-corrected chi connectivity index (χ2v) is 5.80. The lowest BCUT2D eigenvalue weighted by Gasteiger charge is -2.07. The number of hydrogen-bond donors (Lipinski definition) is 1. The van der Waals surface area contributed by atoms with Crippen LogP contribution < -0.4 is 4.18 Å². The molecule has 2 aromatic rings. The molecule has 0 bridgehead atoms. The Bertz CT molecular complexity index is 720. The van der Waals surface area contributed by atoms with Gasteiger partial charge in [0.05, 0.1) is 5.56 Å². The van der Waals surface area contributed by atoms with Crippen LogP contribution in [0.25, 0.3) is 0 Å². The minimum atomic E-state index is -3.97. The quantitative estimate of drug-likeness (QED) is 0.878. The maximum absolute atomic E-state index is 12.0. The van der Waals surface area contributed by atoms with Crippen molar-refractivity contribution in [3.05, 3.63) is 59.1 Å². The number of carbonyl (C=O) groups is 1. The fourth-order valence-electron chi connectivity index (χ4n) is 1.43. The van der Waals surface area contributed by atoms with Gasteiger partial charge in [0.1, 0.15) is 10.6 Å². The highest BCUT2D eigenvalue weighted by Crippen LogP contribution is 2.20. The summed E-state index contributed by atoms with van der Waals surface area (Å²) in [6.07, 6.45) is 0. The van der Waals surface area contributed by atoms with Crippen molar-refractivity contribution in [1.82, 2.24) is 0 Å². The molecule has 0 aliphatic rings. The zero-order valence-electron chi connectivity index (χ0n) is 9.99. The average molecular weight is 313 g/mol. The molecule has 0 heterocycles. The van der Waals surface area contributed by atoms with Crippen LogP contribution in [0.3, 0.4) is 0 Å². The van der Waals surface area contributed by atoms with Gasteiger partial charge in [0.2, 0.25) is 0 Å². The lowest BCUT2D eigenvalue weighted by Crippen LogP contribution is -2.09. The Balaban J connectivity index is 2.24. The summed E-state index contributed by atoms with van der Waals surface area (Å²) in [6.45, 7) is 0. The molecule has 2 aromatic carbocycles. The molecule has 0 aromatic heterocycles. The normalized spacial score (nSPS) is 11.1. The van der Waals surface area contributed by atoms with E-state index in [2.05, 4.69) is 0 Å². The maximum atomic E-state index is 12.0. The first-order valence-corrected chi connectivity index (χ1v) is 7.20. The molecule has 0 aliphatic carbocycles. The highest BCUT2D eigenvalue weighted by Gasteiger charge is 2.16. The largest absolute Gasteiger partial charge is 0.478 e. The van der Waals surface area contributed by atoms with E-state index in [1.54, 1.807) is 0 Å². The van der Waals surface area contributed by atoms with Crippen LogP contribution in [0.15, 0.2) is 53.4 Å². The SMILES string of the molecule is O=C(O)c1ccc(OS(=O)(=O)c2ccc(Cl)cc2)cc1. The lowest BCUT2D eigenvalue weighted by atomic mass is 10.2. The monoisotopic (exact) mass is 312 g/mol. The van der Waals surface area contributed by atoms with Crippen molar-refractivity contribution in [1.29, 1.82) is 0 Å². The highest BCUT2D eigenvalue weighted by atomic mass is 35.5. The Kier molecular flexibility index (Phi) is 3.96. The van der Waals surface area contributed by atoms with E-state index < -0.39 is 16.1 Å². The summed E-state index contributed by atoms with van der Waals surface area (Å²) in [5, 5.41) is 9.15. The average Bonchev–Trinajstić information content (AvgIpc) is 2.39. The zero-order chi connectivity index (χ0) is 14.8. The minimum Gasteiger partial charge on any atom is -0.478 e. The molecule has 2 rings (SSSR count). The third-order valence-electron chi connectivity index (χ3n) is 2.41. The van der Waals surface area contributed by atoms with E-state index in [1.165, 1.54) is 48.5 Å². The predicted molar refractivity (Wildman–Crippen MR) is 72.7 cm³/mol. The predicted octanol–water partition coefficient (Wildman–Crippen LogP) is 2.81. The van der Waals surface area contributed by atoms with Gasteiger partial charge in [-0.15, -0.1) is 0 Å². The molecule has 20 heavy (non-hydrogen) atoms. The number of carboxylic acids is 1. The van der Waals surface area contributed by atoms with Gasteiger partial charge in [-0.05, 0) is 48.5 Å². The van der Waals surface area contributed by atoms with Gasteiger partial charge < -0.3 is 9.29 Å². The number of aromatic carboxylic acids is 1. The summed E-state index contributed by atoms with van der Waals surface area (Å²) >= 11 is 5.68. The van der Waals surface area contributed by atoms with Crippen molar-refractivity contribution in [2.24, 2.45) is 0 Å². The summed E-state index contributed by atoms with van der Waals surface area (Å²) in [5.74, 6) is -1.07. The summed E-state index contributed by atoms with van der Waals surface area (Å²) in [4.78, 5) is 10.6. The topological polar surface area (TPSA) is 80.7 Å². The molecule has 1 N–H and O–H groups in total. The van der Waals surface area contributed by atoms with Crippen molar-refractivity contribution < 1.29 is 22.5 Å². The zero-order valence-corrected chi connectivity index (χ0v) is 11.6. The van der Waals surface area contributed by atoms with Gasteiger partial charge in [0, 0.05) is 5.02 Å². The molecule has 0 amide bonds. The first-order valence-electron chi connectivity index (χ1n) is 5.42. The molecule has 0 spiro atoms. The summed E-state index contributed by atoms with van der Waals surface area (Å²) in [6, 6.07) is 10.6. The number of carboxylic acid groups (broad SMARTS) is 1. The van der Waals surface area contributed by atoms with Crippen LogP contribution in [0.4, 0.5) is 0 Å². The third-order valence-corrected chi connectivity index (χ3v) is 3.92. The van der Waals surface area contributed by atoms with Crippen LogP contribution in [0.2, 0.25) is 5.02 Å². The molecule has 0 saturated carbocycles. The number of benzene rings is 2. The van der Waals surface area contributed by atoms with Crippen LogP contribution >= 0.6 is 11.6 Å². The minimum absolute atomic E-state index is 0.0324. The maximum Gasteiger partial charge on any atom is 0.339 e. The molecular weight excluding hydrogens is 304 g/mol. The van der Waals surface area contributed by atoms with Gasteiger partial charge in [-0.3, -0.25) is 0 Å². The van der Waals surface area contributed by atoms with Crippen LogP contribution in [0.5, 0.6) is 5.75 Å². The van der Waals surface area contributed by atoms with E-state index in [9.17, 15) is 13.2 Å². The van der Waals surface area contributed by atoms with Crippen LogP contribution in [-0.4, -0.2) is 19.5 Å². The van der Waals surface area contributed by atoms with Gasteiger partial charge in [0.25, 0.3) is 0 Å². The Morgan fingerprint density at radius 1 is 1.00 bits per heavy atom. The molecule has 0 atom stereocenters. The Morgan fingerprint density at radius 2 is 1.55 bits per heavy atom. The summed E-state index contributed by atoms with van der Waals surface area (Å²) in [7, 11) is -3.97. The van der Waals surface area contributed by atoms with Gasteiger partial charge in [0.15, 0.2) is 0 Å². The molecule has 5 nitrogen and oxygen atoms in total. The number of halogens is 1. The smallest absolute Gasteiger partial charge is 0.339 e. The summed E-state index contributed by atoms with van der Waals surface area (Å²) < 4.78 is 28.8. The Hall–Kier alpha value is -2.05. The van der Waals surface area contributed by atoms with E-state index >= 15 is 0 Å². The molecule has 0 unspecified atom stereocenters. The molecule has 0 fully saturated rings. The van der Waals surface area contributed by atoms with Crippen molar-refractivity contribution in [3.63, 3.8) is 0 Å². The van der Waals surface area contributed by atoms with Crippen molar-refractivity contribution in [2.75, 3.05) is 0 Å². The van der Waals surface area contributed by atoms with Crippen molar-refractivity contribution in [3.8, 4) is 5.75 Å². The van der Waals surface area contributed by atoms with E-state index in [4.69, 9.17) is 20.9 Å². The van der Waals surface area contributed by atoms with Crippen molar-refractivity contribution in [2.45, 2.75) is 4.90 Å². The Labute approximate surface area is 120 Å². The second-order valence-electron chi connectivity index (χ2n) is 3.82. The number of rotatable bonds is 4. The molecule has 7 heteroatoms. The molecule has 0 radical (unpaired) electrons. The molecule has 0 saturated heterocycles. The van der Waals surface area contributed by atoms with Gasteiger partial charge in [-0.1, -0.05) is 11.6 Å². The molecular formula is C13H9ClO5S. The van der Waals surface area contributed by atoms with E-state index in [0.717, 1.165) is 0 Å². The van der Waals surface area contributed by atoms with E-state index in [0.29, 0.717) is 5.02 Å². The fraction of sp³-hybridized carbons (Fsp3) is 0. The van der Waals surface area contributed by atoms with E-state index in [-0.39, 0.29) is 16.2 Å². The van der Waals surface area contributed by atoms with E-state index in [1.807, 2.05) is 0 Å². The van der Waals surface area contributed by atoms with Crippen molar-refractivity contribution >= 4 is 27.7 Å². The molecule has 104 valence electrons. The van der Waals surface area contributed by atoms with Crippen LogP contribution in [0, 0.1) is 0 Å². The molecule has 0 aliphatic heterocycles. The Morgan fingerprint density at radius 3 is 2.05 bits per heavy atom. The third kappa shape index (κ3) is 3.28. The van der Waals surface area contributed by atoms with Gasteiger partial charge in [-0.25, -0.2) is 4.79 Å². The van der Waals surface area contributed by atoms with Crippen LogP contribution in [0.1, 0.15) is 10.4 Å². The fourth-order valence-corrected chi connectivity index (χ4v) is 2.49. The first-order chi connectivity index (χ1) is 9.38. The van der Waals surface area contributed by atoms with Crippen LogP contribution in [-0.2, 0) is 10.1 Å².